The standard InChI is InChI=1S/C18H15NO4S/c20-18(21)15-10-8-13(9-11-15)12-19(24(22)23)17-7-3-5-14-4-1-2-6-16(14)17/h1-11H,12H2,(H,20,21)(H,22,23). The van der Waals surface area contributed by atoms with Crippen LogP contribution >= 0.6 is 0 Å². The van der Waals surface area contributed by atoms with Gasteiger partial charge in [0.2, 0.25) is 0 Å². The van der Waals surface area contributed by atoms with Crippen LogP contribution in [0.3, 0.4) is 0 Å². The van der Waals surface area contributed by atoms with Gasteiger partial charge in [0.15, 0.2) is 0 Å². The zero-order chi connectivity index (χ0) is 17.1. The number of nitrogens with zero attached hydrogens (tertiary/aromatic N) is 1. The molecule has 0 heterocycles. The molecule has 0 aliphatic rings. The van der Waals surface area contributed by atoms with Gasteiger partial charge in [-0.15, -0.1) is 0 Å². The molecule has 5 nitrogen and oxygen atoms in total. The van der Waals surface area contributed by atoms with Crippen molar-refractivity contribution in [3.63, 3.8) is 0 Å². The summed E-state index contributed by atoms with van der Waals surface area (Å²) in [7, 11) is 0. The first kappa shape index (κ1) is 16.2. The number of hydrogen-bond donors (Lipinski definition) is 2. The van der Waals surface area contributed by atoms with Crippen LogP contribution in [0.4, 0.5) is 5.69 Å². The number of carbonyl (C=O) groups is 1. The molecule has 0 bridgehead atoms. The van der Waals surface area contributed by atoms with Crippen molar-refractivity contribution in [1.82, 2.24) is 0 Å². The van der Waals surface area contributed by atoms with Crippen LogP contribution in [-0.4, -0.2) is 19.8 Å². The Hall–Kier alpha value is -2.70. The summed E-state index contributed by atoms with van der Waals surface area (Å²) in [5.41, 5.74) is 1.58. The lowest BCUT2D eigenvalue weighted by Gasteiger charge is -2.22. The molecule has 0 radical (unpaired) electrons. The lowest BCUT2D eigenvalue weighted by atomic mass is 10.1. The Balaban J connectivity index is 1.98. The number of benzene rings is 3. The Bertz CT molecular complexity index is 903. The Kier molecular flexibility index (Phi) is 4.59. The van der Waals surface area contributed by atoms with E-state index in [0.29, 0.717) is 5.69 Å². The molecular formula is C18H15NO4S. The van der Waals surface area contributed by atoms with Crippen LogP contribution < -0.4 is 4.31 Å². The third-order valence-electron chi connectivity index (χ3n) is 3.75. The molecule has 3 rings (SSSR count). The van der Waals surface area contributed by atoms with Gasteiger partial charge < -0.3 is 5.11 Å². The average molecular weight is 341 g/mol. The molecule has 1 atom stereocenters. The Morgan fingerprint density at radius 2 is 1.62 bits per heavy atom. The molecule has 3 aromatic rings. The minimum atomic E-state index is -2.21. The molecular weight excluding hydrogens is 326 g/mol. The molecule has 0 amide bonds. The number of rotatable bonds is 5. The zero-order valence-corrected chi connectivity index (χ0v) is 13.4. The normalized spacial score (nSPS) is 12.0. The molecule has 24 heavy (non-hydrogen) atoms. The van der Waals surface area contributed by atoms with E-state index in [4.69, 9.17) is 5.11 Å². The van der Waals surface area contributed by atoms with Gasteiger partial charge in [0, 0.05) is 5.39 Å². The van der Waals surface area contributed by atoms with E-state index >= 15 is 0 Å². The summed E-state index contributed by atoms with van der Waals surface area (Å²) in [5, 5.41) is 10.8. The van der Waals surface area contributed by atoms with E-state index in [1.54, 1.807) is 18.2 Å². The van der Waals surface area contributed by atoms with Crippen molar-refractivity contribution >= 4 is 33.7 Å². The van der Waals surface area contributed by atoms with E-state index < -0.39 is 17.2 Å². The van der Waals surface area contributed by atoms with E-state index in [9.17, 15) is 13.6 Å². The van der Waals surface area contributed by atoms with Gasteiger partial charge in [0.25, 0.3) is 11.3 Å². The number of anilines is 1. The monoisotopic (exact) mass is 341 g/mol. The summed E-state index contributed by atoms with van der Waals surface area (Å²) in [4.78, 5) is 10.9. The zero-order valence-electron chi connectivity index (χ0n) is 12.6. The highest BCUT2D eigenvalue weighted by Crippen LogP contribution is 2.28. The molecule has 0 aliphatic carbocycles. The molecule has 122 valence electrons. The second-order valence-electron chi connectivity index (χ2n) is 5.27. The molecule has 0 saturated heterocycles. The highest BCUT2D eigenvalue weighted by Gasteiger charge is 2.16. The molecule has 3 aromatic carbocycles. The van der Waals surface area contributed by atoms with Crippen LogP contribution in [0, 0.1) is 0 Å². The second kappa shape index (κ2) is 6.82. The molecule has 0 fully saturated rings. The number of hydrogen-bond acceptors (Lipinski definition) is 2. The number of carboxylic acids is 1. The van der Waals surface area contributed by atoms with Gasteiger partial charge in [-0.2, -0.15) is 0 Å². The molecule has 0 saturated carbocycles. The summed E-state index contributed by atoms with van der Waals surface area (Å²) in [6.07, 6.45) is 0. The topological polar surface area (TPSA) is 77.8 Å². The Morgan fingerprint density at radius 3 is 2.29 bits per heavy atom. The molecule has 0 spiro atoms. The van der Waals surface area contributed by atoms with Crippen molar-refractivity contribution in [3.8, 4) is 0 Å². The van der Waals surface area contributed by atoms with Crippen LogP contribution in [-0.2, 0) is 17.8 Å². The summed E-state index contributed by atoms with van der Waals surface area (Å²) >= 11 is -2.21. The predicted octanol–water partition coefficient (Wildman–Crippen LogP) is 3.68. The highest BCUT2D eigenvalue weighted by molar-refractivity contribution is 7.80. The molecule has 0 aliphatic heterocycles. The van der Waals surface area contributed by atoms with E-state index in [2.05, 4.69) is 0 Å². The van der Waals surface area contributed by atoms with Crippen LogP contribution in [0.15, 0.2) is 66.7 Å². The SMILES string of the molecule is O=C(O)c1ccc(CN(c2cccc3ccccc23)S(=O)O)cc1. The fourth-order valence-corrected chi connectivity index (χ4v) is 3.16. The van der Waals surface area contributed by atoms with Crippen molar-refractivity contribution in [3.05, 3.63) is 77.9 Å². The van der Waals surface area contributed by atoms with Crippen molar-refractivity contribution in [2.75, 3.05) is 4.31 Å². The highest BCUT2D eigenvalue weighted by atomic mass is 32.2. The van der Waals surface area contributed by atoms with Gasteiger partial charge in [-0.25, -0.2) is 9.00 Å². The molecule has 0 aromatic heterocycles. The number of aromatic carboxylic acids is 1. The maximum atomic E-state index is 11.9. The first-order chi connectivity index (χ1) is 11.6. The van der Waals surface area contributed by atoms with E-state index in [0.717, 1.165) is 16.3 Å². The second-order valence-corrected chi connectivity index (χ2v) is 6.17. The first-order valence-corrected chi connectivity index (χ1v) is 8.31. The van der Waals surface area contributed by atoms with Crippen LogP contribution in [0.2, 0.25) is 0 Å². The van der Waals surface area contributed by atoms with Gasteiger partial charge in [-0.05, 0) is 29.1 Å². The van der Waals surface area contributed by atoms with Crippen molar-refractivity contribution < 1.29 is 18.7 Å². The number of carboxylic acid groups (broad SMARTS) is 1. The Labute approximate surface area is 141 Å². The maximum Gasteiger partial charge on any atom is 0.335 e. The van der Waals surface area contributed by atoms with Gasteiger partial charge in [0.1, 0.15) is 0 Å². The summed E-state index contributed by atoms with van der Waals surface area (Å²) < 4.78 is 23.0. The maximum absolute atomic E-state index is 11.9. The quantitative estimate of drug-likeness (QED) is 0.694. The van der Waals surface area contributed by atoms with Crippen LogP contribution in [0.5, 0.6) is 0 Å². The smallest absolute Gasteiger partial charge is 0.335 e. The Morgan fingerprint density at radius 1 is 0.958 bits per heavy atom. The van der Waals surface area contributed by atoms with E-state index in [1.807, 2.05) is 36.4 Å². The fourth-order valence-electron chi connectivity index (χ4n) is 2.57. The van der Waals surface area contributed by atoms with Crippen LogP contribution in [0.25, 0.3) is 10.8 Å². The minimum absolute atomic E-state index is 0.181. The van der Waals surface area contributed by atoms with Crippen molar-refractivity contribution in [1.29, 1.82) is 0 Å². The lowest BCUT2D eigenvalue weighted by Crippen LogP contribution is -2.24. The molecule has 2 N–H and O–H groups in total. The van der Waals surface area contributed by atoms with E-state index in [-0.39, 0.29) is 12.1 Å². The lowest BCUT2D eigenvalue weighted by molar-refractivity contribution is 0.0697. The fraction of sp³-hybridized carbons (Fsp3) is 0.0556. The largest absolute Gasteiger partial charge is 0.478 e. The summed E-state index contributed by atoms with van der Waals surface area (Å²) in [6.45, 7) is 0.191. The third kappa shape index (κ3) is 3.29. The van der Waals surface area contributed by atoms with Gasteiger partial charge in [-0.1, -0.05) is 48.5 Å². The minimum Gasteiger partial charge on any atom is -0.478 e. The number of fused-ring (bicyclic) bond motifs is 1. The molecule has 6 heteroatoms. The van der Waals surface area contributed by atoms with Crippen molar-refractivity contribution in [2.24, 2.45) is 0 Å². The average Bonchev–Trinajstić information content (AvgIpc) is 2.59. The summed E-state index contributed by atoms with van der Waals surface area (Å²) in [6, 6.07) is 19.5. The summed E-state index contributed by atoms with van der Waals surface area (Å²) in [5.74, 6) is -1.00. The van der Waals surface area contributed by atoms with E-state index in [1.165, 1.54) is 16.4 Å². The first-order valence-electron chi connectivity index (χ1n) is 7.25. The van der Waals surface area contributed by atoms with Crippen LogP contribution in [0.1, 0.15) is 15.9 Å². The molecule has 1 unspecified atom stereocenters. The van der Waals surface area contributed by atoms with Gasteiger partial charge in [-0.3, -0.25) is 8.86 Å². The van der Waals surface area contributed by atoms with Crippen molar-refractivity contribution in [2.45, 2.75) is 6.54 Å². The predicted molar refractivity (Wildman–Crippen MR) is 94.3 cm³/mol. The third-order valence-corrected chi connectivity index (χ3v) is 4.45. The van der Waals surface area contributed by atoms with Gasteiger partial charge in [0.05, 0.1) is 17.8 Å². The van der Waals surface area contributed by atoms with Gasteiger partial charge >= 0.3 is 5.97 Å².